The summed E-state index contributed by atoms with van der Waals surface area (Å²) in [5.74, 6) is -2.46. The SMILES string of the molecule is O=C(O)C(O)(c1cc(Cl)cc(Cl)c1)C(F)(F)F. The van der Waals surface area contributed by atoms with E-state index in [1.54, 1.807) is 0 Å². The maximum absolute atomic E-state index is 12.6. The highest BCUT2D eigenvalue weighted by atomic mass is 35.5. The van der Waals surface area contributed by atoms with Crippen molar-refractivity contribution in [1.82, 2.24) is 0 Å². The summed E-state index contributed by atoms with van der Waals surface area (Å²) in [5, 5.41) is 17.4. The number of aliphatic hydroxyl groups is 1. The summed E-state index contributed by atoms with van der Waals surface area (Å²) in [7, 11) is 0. The van der Waals surface area contributed by atoms with Crippen molar-refractivity contribution in [1.29, 1.82) is 0 Å². The molecule has 0 aliphatic heterocycles. The van der Waals surface area contributed by atoms with E-state index in [0.717, 1.165) is 6.07 Å². The molecule has 0 aliphatic carbocycles. The number of hydrogen-bond donors (Lipinski definition) is 2. The monoisotopic (exact) mass is 288 g/mol. The largest absolute Gasteiger partial charge is 0.479 e. The number of rotatable bonds is 2. The molecule has 1 rings (SSSR count). The van der Waals surface area contributed by atoms with Crippen LogP contribution in [0.2, 0.25) is 10.0 Å². The Morgan fingerprint density at radius 1 is 1.12 bits per heavy atom. The second-order valence-electron chi connectivity index (χ2n) is 3.17. The molecule has 0 saturated heterocycles. The van der Waals surface area contributed by atoms with Gasteiger partial charge < -0.3 is 10.2 Å². The Morgan fingerprint density at radius 3 is 1.82 bits per heavy atom. The number of halogens is 5. The van der Waals surface area contributed by atoms with E-state index in [1.807, 2.05) is 0 Å². The van der Waals surface area contributed by atoms with Crippen LogP contribution in [-0.4, -0.2) is 22.4 Å². The molecule has 8 heteroatoms. The molecule has 0 amide bonds. The minimum absolute atomic E-state index is 0.212. The van der Waals surface area contributed by atoms with Crippen molar-refractivity contribution in [2.24, 2.45) is 0 Å². The van der Waals surface area contributed by atoms with E-state index in [4.69, 9.17) is 28.3 Å². The number of alkyl halides is 3. The van der Waals surface area contributed by atoms with Gasteiger partial charge in [-0.2, -0.15) is 13.2 Å². The molecule has 0 bridgehead atoms. The van der Waals surface area contributed by atoms with E-state index in [1.165, 1.54) is 0 Å². The molecule has 1 aromatic rings. The third-order valence-electron chi connectivity index (χ3n) is 2.00. The highest BCUT2D eigenvalue weighted by Gasteiger charge is 2.61. The summed E-state index contributed by atoms with van der Waals surface area (Å²) < 4.78 is 37.8. The van der Waals surface area contributed by atoms with Gasteiger partial charge in [-0.05, 0) is 18.2 Å². The van der Waals surface area contributed by atoms with Crippen LogP contribution in [0.25, 0.3) is 0 Å². The van der Waals surface area contributed by atoms with Crippen LogP contribution in [0.1, 0.15) is 5.56 Å². The molecule has 0 aromatic heterocycles. The second-order valence-corrected chi connectivity index (χ2v) is 4.04. The predicted octanol–water partition coefficient (Wildman–Crippen LogP) is 2.83. The summed E-state index contributed by atoms with van der Waals surface area (Å²) in [4.78, 5) is 10.6. The molecule has 0 heterocycles. The molecular formula is C9H5Cl2F3O3. The minimum atomic E-state index is -5.40. The van der Waals surface area contributed by atoms with Crippen molar-refractivity contribution >= 4 is 29.2 Å². The molecule has 1 atom stereocenters. The molecule has 1 unspecified atom stereocenters. The summed E-state index contributed by atoms with van der Waals surface area (Å²) in [6, 6.07) is 2.50. The summed E-state index contributed by atoms with van der Waals surface area (Å²) in [6.07, 6.45) is -5.40. The average molecular weight is 289 g/mol. The summed E-state index contributed by atoms with van der Waals surface area (Å²) >= 11 is 10.9. The van der Waals surface area contributed by atoms with Crippen LogP contribution in [-0.2, 0) is 10.4 Å². The molecule has 0 spiro atoms. The highest BCUT2D eigenvalue weighted by Crippen LogP contribution is 2.40. The van der Waals surface area contributed by atoms with Crippen LogP contribution in [0.15, 0.2) is 18.2 Å². The maximum Gasteiger partial charge on any atom is 0.432 e. The lowest BCUT2D eigenvalue weighted by molar-refractivity contribution is -0.265. The summed E-state index contributed by atoms with van der Waals surface area (Å²) in [6.45, 7) is 0. The van der Waals surface area contributed by atoms with Crippen molar-refractivity contribution < 1.29 is 28.2 Å². The molecule has 3 nitrogen and oxygen atoms in total. The number of carboxylic acids is 1. The smallest absolute Gasteiger partial charge is 0.432 e. The Balaban J connectivity index is 3.49. The van der Waals surface area contributed by atoms with Crippen LogP contribution < -0.4 is 0 Å². The van der Waals surface area contributed by atoms with Crippen molar-refractivity contribution in [3.8, 4) is 0 Å². The molecular weight excluding hydrogens is 284 g/mol. The third kappa shape index (κ3) is 2.48. The first-order valence-corrected chi connectivity index (χ1v) is 4.83. The van der Waals surface area contributed by atoms with E-state index in [9.17, 15) is 23.1 Å². The molecule has 0 aliphatic rings. The van der Waals surface area contributed by atoms with Crippen molar-refractivity contribution in [3.05, 3.63) is 33.8 Å². The quantitative estimate of drug-likeness (QED) is 0.880. The van der Waals surface area contributed by atoms with Crippen molar-refractivity contribution in [3.63, 3.8) is 0 Å². The lowest BCUT2D eigenvalue weighted by atomic mass is 9.93. The topological polar surface area (TPSA) is 57.5 Å². The Labute approximate surface area is 103 Å². The number of hydrogen-bond acceptors (Lipinski definition) is 2. The van der Waals surface area contributed by atoms with Gasteiger partial charge in [0.25, 0.3) is 5.60 Å². The maximum atomic E-state index is 12.6. The Kier molecular flexibility index (Phi) is 3.61. The number of benzene rings is 1. The van der Waals surface area contributed by atoms with Gasteiger partial charge in [0.15, 0.2) is 0 Å². The Bertz CT molecular complexity index is 441. The second kappa shape index (κ2) is 4.36. The summed E-state index contributed by atoms with van der Waals surface area (Å²) in [5.41, 5.74) is -4.99. The van der Waals surface area contributed by atoms with Gasteiger partial charge in [-0.1, -0.05) is 23.2 Å². The standard InChI is InChI=1S/C9H5Cl2F3O3/c10-5-1-4(2-6(11)3-5)8(17,7(15)16)9(12,13)14/h1-3,17H,(H,15,16). The van der Waals surface area contributed by atoms with Gasteiger partial charge in [0, 0.05) is 15.6 Å². The van der Waals surface area contributed by atoms with Gasteiger partial charge in [0.05, 0.1) is 0 Å². The molecule has 94 valence electrons. The van der Waals surface area contributed by atoms with E-state index >= 15 is 0 Å². The van der Waals surface area contributed by atoms with E-state index < -0.39 is 23.3 Å². The Hall–Kier alpha value is -0.980. The van der Waals surface area contributed by atoms with Crippen molar-refractivity contribution in [2.75, 3.05) is 0 Å². The predicted molar refractivity (Wildman–Crippen MR) is 54.0 cm³/mol. The van der Waals surface area contributed by atoms with Crippen LogP contribution in [0, 0.1) is 0 Å². The fraction of sp³-hybridized carbons (Fsp3) is 0.222. The van der Waals surface area contributed by atoms with Crippen LogP contribution in [0.3, 0.4) is 0 Å². The fourth-order valence-corrected chi connectivity index (χ4v) is 1.70. The molecule has 0 fully saturated rings. The van der Waals surface area contributed by atoms with Gasteiger partial charge in [0.1, 0.15) is 0 Å². The van der Waals surface area contributed by atoms with E-state index in [-0.39, 0.29) is 10.0 Å². The van der Waals surface area contributed by atoms with Gasteiger partial charge >= 0.3 is 12.1 Å². The van der Waals surface area contributed by atoms with Crippen molar-refractivity contribution in [2.45, 2.75) is 11.8 Å². The molecule has 0 radical (unpaired) electrons. The average Bonchev–Trinajstić information content (AvgIpc) is 2.12. The number of aliphatic carboxylic acids is 1. The third-order valence-corrected chi connectivity index (χ3v) is 2.44. The lowest BCUT2D eigenvalue weighted by Gasteiger charge is -2.26. The van der Waals surface area contributed by atoms with Crippen LogP contribution in [0.4, 0.5) is 13.2 Å². The van der Waals surface area contributed by atoms with E-state index in [0.29, 0.717) is 12.1 Å². The minimum Gasteiger partial charge on any atom is -0.479 e. The zero-order valence-electron chi connectivity index (χ0n) is 7.92. The van der Waals surface area contributed by atoms with Gasteiger partial charge in [-0.25, -0.2) is 4.79 Å². The molecule has 17 heavy (non-hydrogen) atoms. The van der Waals surface area contributed by atoms with Gasteiger partial charge in [0.2, 0.25) is 0 Å². The first-order valence-electron chi connectivity index (χ1n) is 4.08. The number of carbonyl (C=O) groups is 1. The van der Waals surface area contributed by atoms with E-state index in [2.05, 4.69) is 0 Å². The van der Waals surface area contributed by atoms with Crippen LogP contribution >= 0.6 is 23.2 Å². The molecule has 1 aromatic carbocycles. The zero-order chi connectivity index (χ0) is 13.4. The first kappa shape index (κ1) is 14.1. The van der Waals surface area contributed by atoms with Gasteiger partial charge in [-0.15, -0.1) is 0 Å². The highest BCUT2D eigenvalue weighted by molar-refractivity contribution is 6.34. The van der Waals surface area contributed by atoms with Gasteiger partial charge in [-0.3, -0.25) is 0 Å². The molecule has 2 N–H and O–H groups in total. The zero-order valence-corrected chi connectivity index (χ0v) is 9.44. The normalized spacial score (nSPS) is 15.4. The fourth-order valence-electron chi connectivity index (χ4n) is 1.17. The first-order chi connectivity index (χ1) is 7.59. The number of carboxylic acid groups (broad SMARTS) is 1. The Morgan fingerprint density at radius 2 is 1.53 bits per heavy atom. The lowest BCUT2D eigenvalue weighted by Crippen LogP contribution is -2.49. The van der Waals surface area contributed by atoms with Crippen LogP contribution in [0.5, 0.6) is 0 Å². The molecule has 0 saturated carbocycles.